The fraction of sp³-hybridized carbons (Fsp3) is 0.786. The van der Waals surface area contributed by atoms with E-state index in [0.717, 1.165) is 37.6 Å². The number of nitrogens with one attached hydrogen (secondary N) is 1. The first kappa shape index (κ1) is 13.6. The molecule has 4 heteroatoms. The monoisotopic (exact) mass is 252 g/mol. The molecule has 1 N–H and O–H groups in total. The van der Waals surface area contributed by atoms with Crippen LogP contribution in [-0.4, -0.2) is 25.4 Å². The van der Waals surface area contributed by atoms with Gasteiger partial charge in [-0.05, 0) is 25.2 Å². The van der Waals surface area contributed by atoms with Crippen molar-refractivity contribution in [3.63, 3.8) is 0 Å². The molecule has 1 aliphatic rings. The van der Waals surface area contributed by atoms with Crippen molar-refractivity contribution in [1.82, 2.24) is 10.5 Å². The summed E-state index contributed by atoms with van der Waals surface area (Å²) in [7, 11) is 1.72. The molecule has 18 heavy (non-hydrogen) atoms. The van der Waals surface area contributed by atoms with E-state index in [0.29, 0.717) is 11.8 Å². The fourth-order valence-corrected chi connectivity index (χ4v) is 2.17. The van der Waals surface area contributed by atoms with Crippen LogP contribution in [0, 0.1) is 5.92 Å². The molecule has 0 unspecified atom stereocenters. The lowest BCUT2D eigenvalue weighted by Crippen LogP contribution is -2.19. The lowest BCUT2D eigenvalue weighted by molar-refractivity contribution is 0.199. The Balaban J connectivity index is 1.99. The van der Waals surface area contributed by atoms with E-state index in [4.69, 9.17) is 9.26 Å². The molecular weight excluding hydrogens is 228 g/mol. The van der Waals surface area contributed by atoms with Crippen molar-refractivity contribution < 1.29 is 9.26 Å². The van der Waals surface area contributed by atoms with Crippen LogP contribution in [0.25, 0.3) is 0 Å². The SMILES string of the molecule is COCCNCc1noc(C2CC2)c1CC(C)C. The van der Waals surface area contributed by atoms with Gasteiger partial charge in [-0.25, -0.2) is 0 Å². The standard InChI is InChI=1S/C14H24N2O2/c1-10(2)8-12-13(9-15-6-7-17-3)16-18-14(12)11-4-5-11/h10-11,15H,4-9H2,1-3H3. The maximum absolute atomic E-state index is 5.56. The Morgan fingerprint density at radius 3 is 2.83 bits per heavy atom. The molecule has 102 valence electrons. The van der Waals surface area contributed by atoms with Crippen LogP contribution in [0.3, 0.4) is 0 Å². The Morgan fingerprint density at radius 1 is 1.44 bits per heavy atom. The second-order valence-corrected chi connectivity index (χ2v) is 5.51. The summed E-state index contributed by atoms with van der Waals surface area (Å²) in [5, 5.41) is 7.59. The van der Waals surface area contributed by atoms with Gasteiger partial charge < -0.3 is 14.6 Å². The van der Waals surface area contributed by atoms with Gasteiger partial charge in [0.2, 0.25) is 0 Å². The van der Waals surface area contributed by atoms with Gasteiger partial charge in [0.05, 0.1) is 6.61 Å². The van der Waals surface area contributed by atoms with Crippen LogP contribution in [-0.2, 0) is 17.7 Å². The molecule has 1 saturated carbocycles. The highest BCUT2D eigenvalue weighted by Gasteiger charge is 2.32. The first-order valence-corrected chi connectivity index (χ1v) is 6.89. The number of rotatable bonds is 8. The van der Waals surface area contributed by atoms with Crippen LogP contribution in [0.4, 0.5) is 0 Å². The van der Waals surface area contributed by atoms with Gasteiger partial charge in [-0.1, -0.05) is 19.0 Å². The number of hydrogen-bond acceptors (Lipinski definition) is 4. The molecule has 2 rings (SSSR count). The maximum atomic E-state index is 5.56. The fourth-order valence-electron chi connectivity index (χ4n) is 2.17. The highest BCUT2D eigenvalue weighted by Crippen LogP contribution is 2.42. The van der Waals surface area contributed by atoms with E-state index < -0.39 is 0 Å². The summed E-state index contributed by atoms with van der Waals surface area (Å²) in [6, 6.07) is 0. The second-order valence-electron chi connectivity index (χ2n) is 5.51. The average molecular weight is 252 g/mol. The Bertz CT molecular complexity index is 370. The van der Waals surface area contributed by atoms with Crippen LogP contribution in [0.15, 0.2) is 4.52 Å². The summed E-state index contributed by atoms with van der Waals surface area (Å²) >= 11 is 0. The van der Waals surface area contributed by atoms with Gasteiger partial charge in [0.15, 0.2) is 0 Å². The molecule has 0 atom stereocenters. The quantitative estimate of drug-likeness (QED) is 0.722. The zero-order valence-electron chi connectivity index (χ0n) is 11.7. The van der Waals surface area contributed by atoms with Gasteiger partial charge >= 0.3 is 0 Å². The van der Waals surface area contributed by atoms with Crippen LogP contribution in [0.5, 0.6) is 0 Å². The molecular formula is C14H24N2O2. The molecule has 1 fully saturated rings. The molecule has 1 heterocycles. The van der Waals surface area contributed by atoms with Gasteiger partial charge in [0.25, 0.3) is 0 Å². The van der Waals surface area contributed by atoms with Crippen molar-refractivity contribution in [3.8, 4) is 0 Å². The highest BCUT2D eigenvalue weighted by molar-refractivity contribution is 5.29. The summed E-state index contributed by atoms with van der Waals surface area (Å²) in [6.07, 6.45) is 3.59. The van der Waals surface area contributed by atoms with Crippen LogP contribution in [0.1, 0.15) is 49.6 Å². The van der Waals surface area contributed by atoms with Crippen LogP contribution in [0.2, 0.25) is 0 Å². The summed E-state index contributed by atoms with van der Waals surface area (Å²) in [4.78, 5) is 0. The lowest BCUT2D eigenvalue weighted by Gasteiger charge is -2.07. The van der Waals surface area contributed by atoms with Gasteiger partial charge in [0.1, 0.15) is 11.5 Å². The van der Waals surface area contributed by atoms with Gasteiger partial charge in [0, 0.05) is 31.7 Å². The summed E-state index contributed by atoms with van der Waals surface area (Å²) in [6.45, 7) is 6.84. The zero-order valence-corrected chi connectivity index (χ0v) is 11.7. The Labute approximate surface area is 109 Å². The predicted octanol–water partition coefficient (Wildman–Crippen LogP) is 2.49. The van der Waals surface area contributed by atoms with Gasteiger partial charge in [-0.3, -0.25) is 0 Å². The molecule has 1 aromatic rings. The zero-order chi connectivity index (χ0) is 13.0. The number of aromatic nitrogens is 1. The summed E-state index contributed by atoms with van der Waals surface area (Å²) in [5.74, 6) is 2.42. The number of methoxy groups -OCH3 is 1. The Kier molecular flexibility index (Phi) is 4.78. The first-order chi connectivity index (χ1) is 8.72. The third-order valence-corrected chi connectivity index (χ3v) is 3.24. The molecule has 0 aliphatic heterocycles. The van der Waals surface area contributed by atoms with Crippen molar-refractivity contribution in [1.29, 1.82) is 0 Å². The molecule has 0 radical (unpaired) electrons. The third-order valence-electron chi connectivity index (χ3n) is 3.24. The number of hydrogen-bond donors (Lipinski definition) is 1. The normalized spacial score (nSPS) is 15.6. The Morgan fingerprint density at radius 2 is 2.22 bits per heavy atom. The van der Waals surface area contributed by atoms with Crippen LogP contribution >= 0.6 is 0 Å². The maximum Gasteiger partial charge on any atom is 0.143 e. The third kappa shape index (κ3) is 3.56. The highest BCUT2D eigenvalue weighted by atomic mass is 16.5. The van der Waals surface area contributed by atoms with Crippen molar-refractivity contribution in [2.75, 3.05) is 20.3 Å². The van der Waals surface area contributed by atoms with Crippen molar-refractivity contribution in [3.05, 3.63) is 17.0 Å². The van der Waals surface area contributed by atoms with E-state index in [1.165, 1.54) is 18.4 Å². The minimum Gasteiger partial charge on any atom is -0.383 e. The van der Waals surface area contributed by atoms with Crippen molar-refractivity contribution in [2.24, 2.45) is 5.92 Å². The van der Waals surface area contributed by atoms with E-state index in [9.17, 15) is 0 Å². The molecule has 4 nitrogen and oxygen atoms in total. The van der Waals surface area contributed by atoms with Gasteiger partial charge in [-0.2, -0.15) is 0 Å². The second kappa shape index (κ2) is 6.34. The average Bonchev–Trinajstić information content (AvgIpc) is 3.09. The minimum absolute atomic E-state index is 0.638. The molecule has 0 bridgehead atoms. The summed E-state index contributed by atoms with van der Waals surface area (Å²) < 4.78 is 10.6. The van der Waals surface area contributed by atoms with E-state index >= 15 is 0 Å². The predicted molar refractivity (Wildman–Crippen MR) is 70.6 cm³/mol. The largest absolute Gasteiger partial charge is 0.383 e. The smallest absolute Gasteiger partial charge is 0.143 e. The van der Waals surface area contributed by atoms with E-state index in [-0.39, 0.29) is 0 Å². The number of nitrogens with zero attached hydrogens (tertiary/aromatic N) is 1. The molecule has 0 spiro atoms. The van der Waals surface area contributed by atoms with Crippen LogP contribution < -0.4 is 5.32 Å². The minimum atomic E-state index is 0.638. The Hall–Kier alpha value is -0.870. The summed E-state index contributed by atoms with van der Waals surface area (Å²) in [5.41, 5.74) is 2.43. The molecule has 1 aromatic heterocycles. The number of ether oxygens (including phenoxy) is 1. The molecule has 0 amide bonds. The lowest BCUT2D eigenvalue weighted by atomic mass is 9.99. The van der Waals surface area contributed by atoms with E-state index in [2.05, 4.69) is 24.3 Å². The van der Waals surface area contributed by atoms with Crippen molar-refractivity contribution >= 4 is 0 Å². The first-order valence-electron chi connectivity index (χ1n) is 6.89. The van der Waals surface area contributed by atoms with Gasteiger partial charge in [-0.15, -0.1) is 0 Å². The molecule has 1 aliphatic carbocycles. The molecule has 0 aromatic carbocycles. The topological polar surface area (TPSA) is 47.3 Å². The van der Waals surface area contributed by atoms with E-state index in [1.54, 1.807) is 7.11 Å². The molecule has 0 saturated heterocycles. The van der Waals surface area contributed by atoms with Crippen molar-refractivity contribution in [2.45, 2.75) is 45.6 Å². The van der Waals surface area contributed by atoms with E-state index in [1.807, 2.05) is 0 Å².